The van der Waals surface area contributed by atoms with Crippen LogP contribution in [0, 0.1) is 6.07 Å². The van der Waals surface area contributed by atoms with Gasteiger partial charge in [-0.15, -0.1) is 0 Å². The van der Waals surface area contributed by atoms with E-state index in [0.717, 1.165) is 12.2 Å². The summed E-state index contributed by atoms with van der Waals surface area (Å²) in [5.74, 6) is 0.798. The molecule has 0 unspecified atom stereocenters. The van der Waals surface area contributed by atoms with Gasteiger partial charge in [0.05, 0.1) is 0 Å². The zero-order valence-corrected chi connectivity index (χ0v) is 11.8. The molecule has 1 radical (unpaired) electrons. The SMILES string of the molecule is [c]1ccc(Cc2ccccc2)cc1OCc1ccccc1. The van der Waals surface area contributed by atoms with Crippen LogP contribution in [-0.4, -0.2) is 0 Å². The third-order valence-corrected chi connectivity index (χ3v) is 3.33. The lowest BCUT2D eigenvalue weighted by molar-refractivity contribution is 0.305. The molecule has 0 N–H and O–H groups in total. The molecule has 0 amide bonds. The van der Waals surface area contributed by atoms with Gasteiger partial charge in [0.25, 0.3) is 0 Å². The topological polar surface area (TPSA) is 9.23 Å². The maximum Gasteiger partial charge on any atom is 0.128 e. The first-order chi connectivity index (χ1) is 10.4. The van der Waals surface area contributed by atoms with E-state index < -0.39 is 0 Å². The molecule has 103 valence electrons. The van der Waals surface area contributed by atoms with E-state index >= 15 is 0 Å². The van der Waals surface area contributed by atoms with Crippen LogP contribution in [0.25, 0.3) is 0 Å². The molecule has 0 saturated carbocycles. The number of hydrogen-bond donors (Lipinski definition) is 0. The van der Waals surface area contributed by atoms with Crippen molar-refractivity contribution in [2.24, 2.45) is 0 Å². The Labute approximate surface area is 125 Å². The molecule has 3 rings (SSSR count). The predicted octanol–water partition coefficient (Wildman–Crippen LogP) is 4.66. The minimum Gasteiger partial charge on any atom is -0.488 e. The molecule has 3 aromatic rings. The lowest BCUT2D eigenvalue weighted by Crippen LogP contribution is -1.96. The lowest BCUT2D eigenvalue weighted by atomic mass is 10.1. The predicted molar refractivity (Wildman–Crippen MR) is 85.3 cm³/mol. The van der Waals surface area contributed by atoms with Gasteiger partial charge < -0.3 is 4.74 Å². The highest BCUT2D eigenvalue weighted by atomic mass is 16.5. The van der Waals surface area contributed by atoms with Crippen molar-refractivity contribution in [2.45, 2.75) is 13.0 Å². The number of ether oxygens (including phenoxy) is 1. The van der Waals surface area contributed by atoms with Crippen LogP contribution in [0.5, 0.6) is 5.75 Å². The zero-order chi connectivity index (χ0) is 14.3. The highest BCUT2D eigenvalue weighted by molar-refractivity contribution is 5.32. The molecule has 0 spiro atoms. The van der Waals surface area contributed by atoms with Crippen LogP contribution in [0.1, 0.15) is 16.7 Å². The average Bonchev–Trinajstić information content (AvgIpc) is 2.55. The van der Waals surface area contributed by atoms with Crippen molar-refractivity contribution in [1.29, 1.82) is 0 Å². The molecule has 3 aromatic carbocycles. The molecule has 1 heteroatoms. The van der Waals surface area contributed by atoms with Crippen molar-refractivity contribution in [2.75, 3.05) is 0 Å². The van der Waals surface area contributed by atoms with Crippen LogP contribution in [0.15, 0.2) is 78.9 Å². The first kappa shape index (κ1) is 13.4. The van der Waals surface area contributed by atoms with Crippen LogP contribution in [0.2, 0.25) is 0 Å². The first-order valence-corrected chi connectivity index (χ1v) is 7.11. The molecular formula is C20H17O. The van der Waals surface area contributed by atoms with Crippen molar-refractivity contribution >= 4 is 0 Å². The molecule has 0 fully saturated rings. The molecule has 0 aliphatic rings. The van der Waals surface area contributed by atoms with Gasteiger partial charge in [-0.1, -0.05) is 72.8 Å². The summed E-state index contributed by atoms with van der Waals surface area (Å²) in [7, 11) is 0. The van der Waals surface area contributed by atoms with Gasteiger partial charge in [-0.25, -0.2) is 0 Å². The molecule has 0 atom stereocenters. The fourth-order valence-corrected chi connectivity index (χ4v) is 2.25. The minimum absolute atomic E-state index is 0.576. The van der Waals surface area contributed by atoms with E-state index in [0.29, 0.717) is 6.61 Å². The Morgan fingerprint density at radius 1 is 0.714 bits per heavy atom. The Kier molecular flexibility index (Phi) is 4.33. The van der Waals surface area contributed by atoms with Gasteiger partial charge in [-0.2, -0.15) is 0 Å². The van der Waals surface area contributed by atoms with E-state index in [4.69, 9.17) is 4.74 Å². The molecule has 1 nitrogen and oxygen atoms in total. The van der Waals surface area contributed by atoms with E-state index in [1.54, 1.807) is 0 Å². The number of hydrogen-bond acceptors (Lipinski definition) is 1. The Morgan fingerprint density at radius 2 is 1.38 bits per heavy atom. The second-order valence-electron chi connectivity index (χ2n) is 5.00. The van der Waals surface area contributed by atoms with Gasteiger partial charge in [0, 0.05) is 6.07 Å². The van der Waals surface area contributed by atoms with Crippen molar-refractivity contribution in [1.82, 2.24) is 0 Å². The Morgan fingerprint density at radius 3 is 2.10 bits per heavy atom. The molecule has 0 aliphatic heterocycles. The summed E-state index contributed by atoms with van der Waals surface area (Å²) in [6.07, 6.45) is 0.914. The normalized spacial score (nSPS) is 10.3. The van der Waals surface area contributed by atoms with Gasteiger partial charge in [0.1, 0.15) is 12.4 Å². The maximum absolute atomic E-state index is 5.81. The van der Waals surface area contributed by atoms with Gasteiger partial charge >= 0.3 is 0 Å². The third kappa shape index (κ3) is 3.96. The molecule has 21 heavy (non-hydrogen) atoms. The van der Waals surface area contributed by atoms with E-state index in [2.05, 4.69) is 54.6 Å². The summed E-state index contributed by atoms with van der Waals surface area (Å²) in [6.45, 7) is 0.576. The molecule has 0 heterocycles. The summed E-state index contributed by atoms with van der Waals surface area (Å²) in [4.78, 5) is 0. The molecule has 0 bridgehead atoms. The van der Waals surface area contributed by atoms with Crippen molar-refractivity contribution in [3.8, 4) is 5.75 Å². The van der Waals surface area contributed by atoms with E-state index in [1.807, 2.05) is 30.3 Å². The van der Waals surface area contributed by atoms with Crippen LogP contribution in [0.3, 0.4) is 0 Å². The van der Waals surface area contributed by atoms with Gasteiger partial charge in [-0.05, 0) is 29.2 Å². The van der Waals surface area contributed by atoms with Gasteiger partial charge in [-0.3, -0.25) is 0 Å². The minimum atomic E-state index is 0.576. The summed E-state index contributed by atoms with van der Waals surface area (Å²) < 4.78 is 5.81. The summed E-state index contributed by atoms with van der Waals surface area (Å²) in [5, 5.41) is 0. The Bertz CT molecular complexity index is 674. The molecular weight excluding hydrogens is 256 g/mol. The second-order valence-corrected chi connectivity index (χ2v) is 5.00. The number of rotatable bonds is 5. The third-order valence-electron chi connectivity index (χ3n) is 3.33. The molecule has 0 saturated heterocycles. The van der Waals surface area contributed by atoms with Crippen LogP contribution in [-0.2, 0) is 13.0 Å². The van der Waals surface area contributed by atoms with Crippen LogP contribution in [0.4, 0.5) is 0 Å². The molecule has 0 aliphatic carbocycles. The maximum atomic E-state index is 5.81. The van der Waals surface area contributed by atoms with E-state index in [-0.39, 0.29) is 0 Å². The molecule has 0 aromatic heterocycles. The summed E-state index contributed by atoms with van der Waals surface area (Å²) in [6, 6.07) is 29.9. The Hall–Kier alpha value is -2.54. The summed E-state index contributed by atoms with van der Waals surface area (Å²) >= 11 is 0. The summed E-state index contributed by atoms with van der Waals surface area (Å²) in [5.41, 5.74) is 3.71. The highest BCUT2D eigenvalue weighted by Crippen LogP contribution is 2.17. The smallest absolute Gasteiger partial charge is 0.128 e. The van der Waals surface area contributed by atoms with Gasteiger partial charge in [0.15, 0.2) is 0 Å². The quantitative estimate of drug-likeness (QED) is 0.657. The lowest BCUT2D eigenvalue weighted by Gasteiger charge is -2.08. The second kappa shape index (κ2) is 6.76. The fraction of sp³-hybridized carbons (Fsp3) is 0.100. The first-order valence-electron chi connectivity index (χ1n) is 7.11. The largest absolute Gasteiger partial charge is 0.488 e. The number of benzene rings is 3. The van der Waals surface area contributed by atoms with E-state index in [1.165, 1.54) is 16.7 Å². The van der Waals surface area contributed by atoms with Crippen molar-refractivity contribution in [3.63, 3.8) is 0 Å². The van der Waals surface area contributed by atoms with Crippen molar-refractivity contribution < 1.29 is 4.74 Å². The highest BCUT2D eigenvalue weighted by Gasteiger charge is 2.00. The average molecular weight is 273 g/mol. The van der Waals surface area contributed by atoms with Gasteiger partial charge in [0.2, 0.25) is 0 Å². The standard InChI is InChI=1S/C20H17O/c1-3-8-17(9-4-1)14-19-12-7-13-20(15-19)21-16-18-10-5-2-6-11-18/h1-12,15H,14,16H2. The Balaban J connectivity index is 1.66. The van der Waals surface area contributed by atoms with Crippen LogP contribution < -0.4 is 4.74 Å². The van der Waals surface area contributed by atoms with Crippen molar-refractivity contribution in [3.05, 3.63) is 102 Å². The monoisotopic (exact) mass is 273 g/mol. The zero-order valence-electron chi connectivity index (χ0n) is 11.8. The van der Waals surface area contributed by atoms with E-state index in [9.17, 15) is 0 Å². The fourth-order valence-electron chi connectivity index (χ4n) is 2.25. The van der Waals surface area contributed by atoms with Crippen LogP contribution >= 0.6 is 0 Å².